The van der Waals surface area contributed by atoms with Gasteiger partial charge in [0.05, 0.1) is 0 Å². The number of likely N-dealkylation sites (tertiary alicyclic amines) is 2. The SMILES string of the molecule is C=C(NC)/C(=C\C=C(/C)C(=O)N1CCCC(CN2CCCC2)C1)COc1ccc(C)c(C)c1. The number of carbonyl (C=O) groups is 1. The maximum atomic E-state index is 13.1. The van der Waals surface area contributed by atoms with Gasteiger partial charge in [0, 0.05) is 43.5 Å². The summed E-state index contributed by atoms with van der Waals surface area (Å²) in [5, 5.41) is 3.11. The Morgan fingerprint density at radius 3 is 2.61 bits per heavy atom. The number of nitrogens with one attached hydrogen (secondary N) is 1. The summed E-state index contributed by atoms with van der Waals surface area (Å²) in [5.74, 6) is 1.57. The molecular weight excluding hydrogens is 410 g/mol. The largest absolute Gasteiger partial charge is 0.489 e. The zero-order chi connectivity index (χ0) is 23.8. The average molecular weight is 452 g/mol. The van der Waals surface area contributed by atoms with Crippen LogP contribution in [-0.2, 0) is 4.79 Å². The molecule has 1 aromatic carbocycles. The van der Waals surface area contributed by atoms with Crippen molar-refractivity contribution >= 4 is 5.91 Å². The van der Waals surface area contributed by atoms with E-state index >= 15 is 0 Å². The Kier molecular flexibility index (Phi) is 9.19. The molecule has 0 bridgehead atoms. The van der Waals surface area contributed by atoms with Crippen LogP contribution in [-0.4, -0.2) is 62.1 Å². The summed E-state index contributed by atoms with van der Waals surface area (Å²) in [6, 6.07) is 6.11. The van der Waals surface area contributed by atoms with Crippen LogP contribution in [0.4, 0.5) is 0 Å². The lowest BCUT2D eigenvalue weighted by Gasteiger charge is -2.35. The van der Waals surface area contributed by atoms with Crippen molar-refractivity contribution in [3.63, 3.8) is 0 Å². The number of hydrogen-bond donors (Lipinski definition) is 1. The van der Waals surface area contributed by atoms with Crippen molar-refractivity contribution in [2.24, 2.45) is 5.92 Å². The molecule has 5 heteroatoms. The molecular formula is C28H41N3O2. The van der Waals surface area contributed by atoms with Crippen LogP contribution in [0, 0.1) is 19.8 Å². The van der Waals surface area contributed by atoms with Gasteiger partial charge in [-0.05, 0) is 88.7 Å². The number of aryl methyl sites for hydroxylation is 2. The normalized spacial score (nSPS) is 20.1. The molecule has 1 aromatic rings. The maximum absolute atomic E-state index is 13.1. The lowest BCUT2D eigenvalue weighted by Crippen LogP contribution is -2.43. The second-order valence-corrected chi connectivity index (χ2v) is 9.57. The minimum Gasteiger partial charge on any atom is -0.489 e. The minimum absolute atomic E-state index is 0.141. The highest BCUT2D eigenvalue weighted by molar-refractivity contribution is 5.93. The quantitative estimate of drug-likeness (QED) is 0.439. The Morgan fingerprint density at radius 1 is 1.15 bits per heavy atom. The van der Waals surface area contributed by atoms with Crippen LogP contribution in [0.2, 0.25) is 0 Å². The lowest BCUT2D eigenvalue weighted by atomic mass is 9.97. The molecule has 5 nitrogen and oxygen atoms in total. The monoisotopic (exact) mass is 451 g/mol. The molecule has 0 saturated carbocycles. The summed E-state index contributed by atoms with van der Waals surface area (Å²) in [4.78, 5) is 17.7. The number of benzene rings is 1. The smallest absolute Gasteiger partial charge is 0.249 e. The van der Waals surface area contributed by atoms with E-state index in [1.165, 1.54) is 43.5 Å². The zero-order valence-electron chi connectivity index (χ0n) is 21.0. The first-order valence-corrected chi connectivity index (χ1v) is 12.3. The van der Waals surface area contributed by atoms with E-state index in [4.69, 9.17) is 4.74 Å². The fraction of sp³-hybridized carbons (Fsp3) is 0.536. The van der Waals surface area contributed by atoms with E-state index in [1.807, 2.05) is 37.1 Å². The highest BCUT2D eigenvalue weighted by atomic mass is 16.5. The van der Waals surface area contributed by atoms with Gasteiger partial charge in [-0.25, -0.2) is 0 Å². The third-order valence-corrected chi connectivity index (χ3v) is 6.96. The molecule has 2 fully saturated rings. The van der Waals surface area contributed by atoms with Crippen LogP contribution in [0.5, 0.6) is 5.75 Å². The molecule has 2 heterocycles. The number of nitrogens with zero attached hydrogens (tertiary/aromatic N) is 2. The van der Waals surface area contributed by atoms with E-state index in [2.05, 4.69) is 42.8 Å². The van der Waals surface area contributed by atoms with E-state index in [0.717, 1.165) is 48.6 Å². The number of likely N-dealkylation sites (N-methyl/N-ethyl adjacent to an activating group) is 1. The number of allylic oxidation sites excluding steroid dienone is 2. The highest BCUT2D eigenvalue weighted by Crippen LogP contribution is 2.22. The van der Waals surface area contributed by atoms with Crippen molar-refractivity contribution in [1.82, 2.24) is 15.1 Å². The fourth-order valence-electron chi connectivity index (χ4n) is 4.64. The van der Waals surface area contributed by atoms with E-state index in [9.17, 15) is 4.79 Å². The summed E-state index contributed by atoms with van der Waals surface area (Å²) < 4.78 is 6.02. The molecule has 180 valence electrons. The standard InChI is InChI=1S/C28H41N3O2/c1-21-11-13-27(17-23(21)3)33-20-26(24(4)29-5)12-10-22(2)28(32)31-16-8-9-25(19-31)18-30-14-6-7-15-30/h10-13,17,25,29H,4,6-9,14-16,18-20H2,1-3,5H3/b22-10+,26-12-. The second-order valence-electron chi connectivity index (χ2n) is 9.57. The van der Waals surface area contributed by atoms with Gasteiger partial charge in [0.1, 0.15) is 12.4 Å². The molecule has 2 aliphatic rings. The first-order chi connectivity index (χ1) is 15.9. The lowest BCUT2D eigenvalue weighted by molar-refractivity contribution is -0.129. The van der Waals surface area contributed by atoms with E-state index < -0.39 is 0 Å². The van der Waals surface area contributed by atoms with Crippen molar-refractivity contribution in [1.29, 1.82) is 0 Å². The predicted molar refractivity (Wildman–Crippen MR) is 136 cm³/mol. The molecule has 0 spiro atoms. The second kappa shape index (κ2) is 12.1. The Balaban J connectivity index is 1.62. The highest BCUT2D eigenvalue weighted by Gasteiger charge is 2.26. The van der Waals surface area contributed by atoms with Crippen molar-refractivity contribution in [2.75, 3.05) is 46.4 Å². The Labute approximate surface area is 200 Å². The molecule has 1 amide bonds. The van der Waals surface area contributed by atoms with E-state index in [1.54, 1.807) is 0 Å². The number of rotatable bonds is 9. The molecule has 2 saturated heterocycles. The van der Waals surface area contributed by atoms with Gasteiger partial charge in [-0.1, -0.05) is 24.8 Å². The first-order valence-electron chi connectivity index (χ1n) is 12.3. The van der Waals surface area contributed by atoms with Gasteiger partial charge in [-0.3, -0.25) is 4.79 Å². The van der Waals surface area contributed by atoms with Crippen LogP contribution in [0.1, 0.15) is 43.7 Å². The number of piperidine rings is 1. The van der Waals surface area contributed by atoms with Crippen molar-refractivity contribution in [2.45, 2.75) is 46.5 Å². The molecule has 0 aromatic heterocycles. The molecule has 3 rings (SSSR count). The summed E-state index contributed by atoms with van der Waals surface area (Å²) in [7, 11) is 1.85. The average Bonchev–Trinajstić information content (AvgIpc) is 3.33. The van der Waals surface area contributed by atoms with Crippen LogP contribution in [0.3, 0.4) is 0 Å². The van der Waals surface area contributed by atoms with E-state index in [0.29, 0.717) is 12.5 Å². The van der Waals surface area contributed by atoms with Gasteiger partial charge in [0.25, 0.3) is 0 Å². The third-order valence-electron chi connectivity index (χ3n) is 6.96. The van der Waals surface area contributed by atoms with Gasteiger partial charge in [0.2, 0.25) is 5.91 Å². The number of amides is 1. The maximum Gasteiger partial charge on any atom is 0.249 e. The van der Waals surface area contributed by atoms with Crippen LogP contribution < -0.4 is 10.1 Å². The molecule has 33 heavy (non-hydrogen) atoms. The van der Waals surface area contributed by atoms with Gasteiger partial charge >= 0.3 is 0 Å². The van der Waals surface area contributed by atoms with E-state index in [-0.39, 0.29) is 5.91 Å². The molecule has 2 aliphatic heterocycles. The van der Waals surface area contributed by atoms with Gasteiger partial charge in [-0.15, -0.1) is 0 Å². The van der Waals surface area contributed by atoms with Crippen LogP contribution >= 0.6 is 0 Å². The van der Waals surface area contributed by atoms with Crippen molar-refractivity contribution in [3.05, 3.63) is 64.9 Å². The topological polar surface area (TPSA) is 44.8 Å². The first kappa shape index (κ1) is 25.1. The summed E-state index contributed by atoms with van der Waals surface area (Å²) in [5.41, 5.74) is 4.92. The Bertz CT molecular complexity index is 896. The Hall–Kier alpha value is -2.53. The minimum atomic E-state index is 0.141. The zero-order valence-corrected chi connectivity index (χ0v) is 21.0. The molecule has 1 atom stereocenters. The van der Waals surface area contributed by atoms with Crippen molar-refractivity contribution < 1.29 is 9.53 Å². The van der Waals surface area contributed by atoms with Crippen LogP contribution in [0.15, 0.2) is 53.8 Å². The number of hydrogen-bond acceptors (Lipinski definition) is 4. The summed E-state index contributed by atoms with van der Waals surface area (Å²) >= 11 is 0. The molecule has 0 radical (unpaired) electrons. The van der Waals surface area contributed by atoms with Gasteiger partial charge in [0.15, 0.2) is 0 Å². The van der Waals surface area contributed by atoms with Crippen molar-refractivity contribution in [3.8, 4) is 5.75 Å². The third kappa shape index (κ3) is 7.23. The molecule has 1 unspecified atom stereocenters. The fourth-order valence-corrected chi connectivity index (χ4v) is 4.64. The van der Waals surface area contributed by atoms with Crippen LogP contribution in [0.25, 0.3) is 0 Å². The number of carbonyl (C=O) groups excluding carboxylic acids is 1. The number of ether oxygens (including phenoxy) is 1. The Morgan fingerprint density at radius 2 is 1.91 bits per heavy atom. The molecule has 0 aliphatic carbocycles. The predicted octanol–water partition coefficient (Wildman–Crippen LogP) is 4.62. The molecule has 1 N–H and O–H groups in total. The summed E-state index contributed by atoms with van der Waals surface area (Å²) in [6.07, 6.45) is 8.82. The van der Waals surface area contributed by atoms with Gasteiger partial charge < -0.3 is 19.9 Å². The van der Waals surface area contributed by atoms with Gasteiger partial charge in [-0.2, -0.15) is 0 Å². The summed E-state index contributed by atoms with van der Waals surface area (Å²) in [6.45, 7) is 15.9.